The summed E-state index contributed by atoms with van der Waals surface area (Å²) >= 11 is 19.0. The number of rotatable bonds is 5. The topological polar surface area (TPSA) is 88.5 Å². The quantitative estimate of drug-likeness (QED) is 0.544. The summed E-state index contributed by atoms with van der Waals surface area (Å²) in [6, 6.07) is 7.57. The molecule has 0 atom stereocenters. The largest absolute Gasteiger partial charge is 0.324 e. The van der Waals surface area contributed by atoms with E-state index in [-0.39, 0.29) is 25.6 Å². The molecule has 0 aliphatic carbocycles. The minimum Gasteiger partial charge on any atom is -0.324 e. The van der Waals surface area contributed by atoms with Gasteiger partial charge in [0.2, 0.25) is 15.9 Å². The van der Waals surface area contributed by atoms with Crippen molar-refractivity contribution in [3.05, 3.63) is 55.1 Å². The number of anilines is 2. The molecule has 0 saturated heterocycles. The molecule has 12 heteroatoms. The zero-order valence-corrected chi connectivity index (χ0v) is 19.0. The zero-order chi connectivity index (χ0) is 21.5. The first-order valence-electron chi connectivity index (χ1n) is 7.99. The fourth-order valence-corrected chi connectivity index (χ4v) is 5.10. The summed E-state index contributed by atoms with van der Waals surface area (Å²) in [5.41, 5.74) is 1.20. The maximum absolute atomic E-state index is 12.5. The van der Waals surface area contributed by atoms with Gasteiger partial charge in [-0.2, -0.15) is 0 Å². The van der Waals surface area contributed by atoms with Gasteiger partial charge in [0.25, 0.3) is 0 Å². The minimum absolute atomic E-state index is 0.0353. The summed E-state index contributed by atoms with van der Waals surface area (Å²) in [7, 11) is -2.19. The molecule has 0 aliphatic heterocycles. The number of hydrogen-bond acceptors (Lipinski definition) is 5. The van der Waals surface area contributed by atoms with Gasteiger partial charge in [0, 0.05) is 12.7 Å². The predicted octanol–water partition coefficient (Wildman–Crippen LogP) is 3.96. The van der Waals surface area contributed by atoms with Crippen LogP contribution in [0.3, 0.4) is 0 Å². The van der Waals surface area contributed by atoms with Crippen LogP contribution in [-0.4, -0.2) is 31.7 Å². The van der Waals surface area contributed by atoms with Gasteiger partial charge < -0.3 is 9.88 Å². The van der Waals surface area contributed by atoms with E-state index in [1.54, 1.807) is 25.2 Å². The normalized spacial score (nSPS) is 11.6. The highest BCUT2D eigenvalue weighted by Crippen LogP contribution is 2.35. The van der Waals surface area contributed by atoms with E-state index >= 15 is 0 Å². The van der Waals surface area contributed by atoms with Crippen LogP contribution in [0.2, 0.25) is 15.1 Å². The summed E-state index contributed by atoms with van der Waals surface area (Å²) < 4.78 is 27.6. The van der Waals surface area contributed by atoms with Crippen LogP contribution >= 0.6 is 46.1 Å². The van der Waals surface area contributed by atoms with Gasteiger partial charge in [-0.05, 0) is 30.3 Å². The third kappa shape index (κ3) is 4.70. The molecule has 0 aliphatic rings. The molecule has 0 saturated carbocycles. The molecule has 1 heterocycles. The van der Waals surface area contributed by atoms with Gasteiger partial charge in [-0.3, -0.25) is 13.9 Å². The summed E-state index contributed by atoms with van der Waals surface area (Å²) in [5, 5.41) is 2.93. The number of benzene rings is 2. The lowest BCUT2D eigenvalue weighted by Gasteiger charge is -2.23. The Kier molecular flexibility index (Phi) is 6.16. The number of hydrogen-bond donors (Lipinski definition) is 1. The van der Waals surface area contributed by atoms with Crippen LogP contribution < -0.4 is 14.5 Å². The average Bonchev–Trinajstić information content (AvgIpc) is 2.89. The highest BCUT2D eigenvalue weighted by molar-refractivity contribution is 7.92. The van der Waals surface area contributed by atoms with Gasteiger partial charge >= 0.3 is 4.87 Å². The van der Waals surface area contributed by atoms with E-state index in [9.17, 15) is 18.0 Å². The van der Waals surface area contributed by atoms with Crippen molar-refractivity contribution in [1.82, 2.24) is 4.57 Å². The van der Waals surface area contributed by atoms with Crippen LogP contribution in [0.4, 0.5) is 11.4 Å². The molecule has 0 spiro atoms. The van der Waals surface area contributed by atoms with Crippen LogP contribution in [0, 0.1) is 0 Å². The number of nitrogens with zero attached hydrogens (tertiary/aromatic N) is 2. The van der Waals surface area contributed by atoms with E-state index in [0.29, 0.717) is 10.4 Å². The Labute approximate surface area is 185 Å². The fraction of sp³-hybridized carbons (Fsp3) is 0.176. The van der Waals surface area contributed by atoms with Crippen molar-refractivity contribution < 1.29 is 13.2 Å². The maximum atomic E-state index is 12.5. The molecule has 1 aromatic heterocycles. The minimum atomic E-state index is -3.85. The number of aryl methyl sites for hydroxylation is 1. The van der Waals surface area contributed by atoms with E-state index in [2.05, 4.69) is 5.32 Å². The fourth-order valence-electron chi connectivity index (χ4n) is 2.63. The molecule has 2 aromatic carbocycles. The second kappa shape index (κ2) is 8.16. The molecular weight excluding hydrogens is 481 g/mol. The smallest absolute Gasteiger partial charge is 0.307 e. The Balaban J connectivity index is 1.88. The first kappa shape index (κ1) is 21.9. The summed E-state index contributed by atoms with van der Waals surface area (Å²) in [6.07, 6.45) is 0.951. The second-order valence-corrected chi connectivity index (χ2v) is 10.3. The number of thiazole rings is 1. The van der Waals surface area contributed by atoms with Crippen molar-refractivity contribution in [2.45, 2.75) is 0 Å². The molecule has 0 bridgehead atoms. The third-order valence-electron chi connectivity index (χ3n) is 4.02. The SMILES string of the molecule is Cn1c(=O)sc2cc(NC(=O)CN(c3cc(Cl)c(Cl)cc3Cl)S(C)(=O)=O)ccc21. The first-order chi connectivity index (χ1) is 13.5. The number of carbonyl (C=O) groups excluding carboxylic acids is 1. The zero-order valence-electron chi connectivity index (χ0n) is 15.1. The van der Waals surface area contributed by atoms with E-state index in [4.69, 9.17) is 34.8 Å². The summed E-state index contributed by atoms with van der Waals surface area (Å²) in [4.78, 5) is 24.2. The van der Waals surface area contributed by atoms with E-state index < -0.39 is 22.5 Å². The number of fused-ring (bicyclic) bond motifs is 1. The lowest BCUT2D eigenvalue weighted by molar-refractivity contribution is -0.114. The van der Waals surface area contributed by atoms with Crippen molar-refractivity contribution >= 4 is 83.7 Å². The van der Waals surface area contributed by atoms with Crippen molar-refractivity contribution in [3.63, 3.8) is 0 Å². The first-order valence-corrected chi connectivity index (χ1v) is 11.8. The maximum Gasteiger partial charge on any atom is 0.307 e. The van der Waals surface area contributed by atoms with Crippen molar-refractivity contribution in [1.29, 1.82) is 0 Å². The molecule has 0 radical (unpaired) electrons. The van der Waals surface area contributed by atoms with Gasteiger partial charge in [-0.15, -0.1) is 0 Å². The second-order valence-electron chi connectivity index (χ2n) is 6.15. The summed E-state index contributed by atoms with van der Waals surface area (Å²) in [5.74, 6) is -0.597. The van der Waals surface area contributed by atoms with Crippen LogP contribution in [0.25, 0.3) is 10.2 Å². The Morgan fingerprint density at radius 3 is 2.45 bits per heavy atom. The molecule has 3 aromatic rings. The number of nitrogens with one attached hydrogen (secondary N) is 1. The molecule has 1 N–H and O–H groups in total. The molecule has 29 heavy (non-hydrogen) atoms. The van der Waals surface area contributed by atoms with Gasteiger partial charge in [0.15, 0.2) is 0 Å². The van der Waals surface area contributed by atoms with Crippen LogP contribution in [0.5, 0.6) is 0 Å². The van der Waals surface area contributed by atoms with Gasteiger partial charge in [-0.25, -0.2) is 8.42 Å². The molecule has 3 rings (SSSR count). The van der Waals surface area contributed by atoms with E-state index in [0.717, 1.165) is 27.4 Å². The Bertz CT molecular complexity index is 1290. The number of sulfonamides is 1. The Hall–Kier alpha value is -1.78. The van der Waals surface area contributed by atoms with Gasteiger partial charge in [0.1, 0.15) is 6.54 Å². The number of halogens is 3. The molecule has 1 amide bonds. The van der Waals surface area contributed by atoms with E-state index in [1.165, 1.54) is 16.7 Å². The van der Waals surface area contributed by atoms with Gasteiger partial charge in [0.05, 0.1) is 37.2 Å². The Morgan fingerprint density at radius 2 is 1.79 bits per heavy atom. The molecule has 0 unspecified atom stereocenters. The number of aromatic nitrogens is 1. The van der Waals surface area contributed by atoms with Gasteiger partial charge in [-0.1, -0.05) is 46.1 Å². The van der Waals surface area contributed by atoms with Crippen LogP contribution in [-0.2, 0) is 21.9 Å². The van der Waals surface area contributed by atoms with E-state index in [1.807, 2.05) is 0 Å². The highest BCUT2D eigenvalue weighted by Gasteiger charge is 2.24. The molecular formula is C17H14Cl3N3O4S2. The predicted molar refractivity (Wildman–Crippen MR) is 119 cm³/mol. The standard InChI is InChI=1S/C17H14Cl3N3O4S2/c1-22-13-4-3-9(5-15(13)28-17(22)25)21-16(24)8-23(29(2,26)27)14-7-11(19)10(18)6-12(14)20/h3-7H,8H2,1-2H3,(H,21,24). The molecule has 154 valence electrons. The number of carbonyl (C=O) groups is 1. The summed E-state index contributed by atoms with van der Waals surface area (Å²) in [6.45, 7) is -0.528. The monoisotopic (exact) mass is 493 g/mol. The van der Waals surface area contributed by atoms with Crippen molar-refractivity contribution in [2.24, 2.45) is 7.05 Å². The average molecular weight is 495 g/mol. The third-order valence-corrected chi connectivity index (χ3v) is 7.17. The lowest BCUT2D eigenvalue weighted by Crippen LogP contribution is -2.37. The molecule has 0 fully saturated rings. The highest BCUT2D eigenvalue weighted by atomic mass is 35.5. The van der Waals surface area contributed by atoms with Crippen LogP contribution in [0.1, 0.15) is 0 Å². The molecule has 7 nitrogen and oxygen atoms in total. The number of amides is 1. The van der Waals surface area contributed by atoms with Crippen molar-refractivity contribution in [2.75, 3.05) is 22.4 Å². The lowest BCUT2D eigenvalue weighted by atomic mass is 10.3. The van der Waals surface area contributed by atoms with Crippen LogP contribution in [0.15, 0.2) is 35.1 Å². The van der Waals surface area contributed by atoms with Crippen molar-refractivity contribution in [3.8, 4) is 0 Å². The Morgan fingerprint density at radius 1 is 1.14 bits per heavy atom.